The standard InChI is InChI=1S/C16H16N4OS/c17-9-11-4-3-6-12(8-11)15-19-20-16(22-15)18-10-13-5-1-2-7-14(13)21/h1-8,21H,9-10,17H2,(H,18,20). The molecule has 4 N–H and O–H groups in total. The molecule has 22 heavy (non-hydrogen) atoms. The Morgan fingerprint density at radius 1 is 1.09 bits per heavy atom. The van der Waals surface area contributed by atoms with Crippen LogP contribution in [0.3, 0.4) is 0 Å². The summed E-state index contributed by atoms with van der Waals surface area (Å²) in [5.41, 5.74) is 8.56. The predicted molar refractivity (Wildman–Crippen MR) is 88.7 cm³/mol. The summed E-state index contributed by atoms with van der Waals surface area (Å²) >= 11 is 1.47. The lowest BCUT2D eigenvalue weighted by molar-refractivity contribution is 0.469. The van der Waals surface area contributed by atoms with Crippen molar-refractivity contribution in [2.24, 2.45) is 5.73 Å². The number of hydrogen-bond acceptors (Lipinski definition) is 6. The van der Waals surface area contributed by atoms with Gasteiger partial charge in [0.15, 0.2) is 0 Å². The Balaban J connectivity index is 1.72. The van der Waals surface area contributed by atoms with Crippen molar-refractivity contribution in [3.63, 3.8) is 0 Å². The first-order valence-corrected chi connectivity index (χ1v) is 7.71. The maximum absolute atomic E-state index is 9.74. The van der Waals surface area contributed by atoms with Crippen LogP contribution in [-0.4, -0.2) is 15.3 Å². The van der Waals surface area contributed by atoms with E-state index >= 15 is 0 Å². The van der Waals surface area contributed by atoms with E-state index < -0.39 is 0 Å². The number of benzene rings is 2. The molecule has 0 aliphatic rings. The number of aromatic hydroxyl groups is 1. The lowest BCUT2D eigenvalue weighted by Crippen LogP contribution is -1.98. The van der Waals surface area contributed by atoms with Crippen molar-refractivity contribution < 1.29 is 5.11 Å². The van der Waals surface area contributed by atoms with Gasteiger partial charge in [-0.15, -0.1) is 10.2 Å². The number of aromatic nitrogens is 2. The van der Waals surface area contributed by atoms with Gasteiger partial charge < -0.3 is 16.2 Å². The maximum atomic E-state index is 9.74. The quantitative estimate of drug-likeness (QED) is 0.674. The Bertz CT molecular complexity index is 772. The molecule has 0 bridgehead atoms. The van der Waals surface area contributed by atoms with Crippen molar-refractivity contribution in [2.45, 2.75) is 13.1 Å². The molecule has 6 heteroatoms. The van der Waals surface area contributed by atoms with Crippen molar-refractivity contribution >= 4 is 16.5 Å². The minimum Gasteiger partial charge on any atom is -0.508 e. The number of nitrogens with one attached hydrogen (secondary N) is 1. The average molecular weight is 312 g/mol. The highest BCUT2D eigenvalue weighted by Crippen LogP contribution is 2.27. The third kappa shape index (κ3) is 3.24. The topological polar surface area (TPSA) is 84.1 Å². The first-order valence-electron chi connectivity index (χ1n) is 6.90. The highest BCUT2D eigenvalue weighted by Gasteiger charge is 2.07. The number of phenolic OH excluding ortho intramolecular Hbond substituents is 1. The molecule has 0 aliphatic heterocycles. The summed E-state index contributed by atoms with van der Waals surface area (Å²) < 4.78 is 0. The van der Waals surface area contributed by atoms with Crippen LogP contribution in [0.15, 0.2) is 48.5 Å². The molecule has 1 heterocycles. The highest BCUT2D eigenvalue weighted by atomic mass is 32.1. The van der Waals surface area contributed by atoms with Gasteiger partial charge in [-0.25, -0.2) is 0 Å². The molecule has 0 spiro atoms. The second kappa shape index (κ2) is 6.55. The van der Waals surface area contributed by atoms with Crippen LogP contribution in [0.4, 0.5) is 5.13 Å². The van der Waals surface area contributed by atoms with E-state index in [1.807, 2.05) is 36.4 Å². The third-order valence-corrected chi connectivity index (χ3v) is 4.19. The Hall–Kier alpha value is -2.44. The van der Waals surface area contributed by atoms with Gasteiger partial charge in [-0.1, -0.05) is 47.7 Å². The minimum absolute atomic E-state index is 0.274. The molecule has 0 amide bonds. The fourth-order valence-electron chi connectivity index (χ4n) is 2.07. The number of anilines is 1. The monoisotopic (exact) mass is 312 g/mol. The Morgan fingerprint density at radius 3 is 2.77 bits per heavy atom. The largest absolute Gasteiger partial charge is 0.508 e. The van der Waals surface area contributed by atoms with Crippen molar-refractivity contribution in [2.75, 3.05) is 5.32 Å². The van der Waals surface area contributed by atoms with Crippen LogP contribution in [0.5, 0.6) is 5.75 Å². The first-order chi connectivity index (χ1) is 10.8. The molecule has 0 radical (unpaired) electrons. The van der Waals surface area contributed by atoms with Gasteiger partial charge >= 0.3 is 0 Å². The summed E-state index contributed by atoms with van der Waals surface area (Å²) in [5.74, 6) is 0.274. The Labute approximate surface area is 132 Å². The van der Waals surface area contributed by atoms with E-state index in [-0.39, 0.29) is 5.75 Å². The van der Waals surface area contributed by atoms with E-state index in [0.29, 0.717) is 13.1 Å². The van der Waals surface area contributed by atoms with Crippen LogP contribution in [0.2, 0.25) is 0 Å². The summed E-state index contributed by atoms with van der Waals surface area (Å²) in [7, 11) is 0. The van der Waals surface area contributed by atoms with Crippen molar-refractivity contribution in [1.29, 1.82) is 0 Å². The van der Waals surface area contributed by atoms with E-state index in [2.05, 4.69) is 15.5 Å². The summed E-state index contributed by atoms with van der Waals surface area (Å²) in [6.07, 6.45) is 0. The molecule has 1 aromatic heterocycles. The first kappa shape index (κ1) is 14.5. The van der Waals surface area contributed by atoms with Crippen molar-refractivity contribution in [3.8, 4) is 16.3 Å². The zero-order valence-corrected chi connectivity index (χ0v) is 12.7. The van der Waals surface area contributed by atoms with Gasteiger partial charge in [0.05, 0.1) is 0 Å². The van der Waals surface area contributed by atoms with E-state index in [1.165, 1.54) is 11.3 Å². The smallest absolute Gasteiger partial charge is 0.206 e. The Morgan fingerprint density at radius 2 is 1.95 bits per heavy atom. The molecule has 0 saturated heterocycles. The summed E-state index contributed by atoms with van der Waals surface area (Å²) in [5, 5.41) is 22.8. The van der Waals surface area contributed by atoms with Crippen molar-refractivity contribution in [1.82, 2.24) is 10.2 Å². The molecular weight excluding hydrogens is 296 g/mol. The predicted octanol–water partition coefficient (Wildman–Crippen LogP) is 2.98. The molecule has 0 atom stereocenters. The van der Waals surface area contributed by atoms with E-state index in [1.54, 1.807) is 12.1 Å². The van der Waals surface area contributed by atoms with Crippen LogP contribution in [0, 0.1) is 0 Å². The second-order valence-corrected chi connectivity index (χ2v) is 5.78. The molecular formula is C16H16N4OS. The number of nitrogens with zero attached hydrogens (tertiary/aromatic N) is 2. The van der Waals surface area contributed by atoms with Gasteiger partial charge in [0.1, 0.15) is 10.8 Å². The number of hydrogen-bond donors (Lipinski definition) is 3. The summed E-state index contributed by atoms with van der Waals surface area (Å²) in [6.45, 7) is 1.01. The van der Waals surface area contributed by atoms with Gasteiger partial charge in [-0.3, -0.25) is 0 Å². The second-order valence-electron chi connectivity index (χ2n) is 4.80. The molecule has 0 fully saturated rings. The van der Waals surface area contributed by atoms with E-state index in [4.69, 9.17) is 5.73 Å². The van der Waals surface area contributed by atoms with Crippen LogP contribution in [0.25, 0.3) is 10.6 Å². The van der Waals surface area contributed by atoms with Gasteiger partial charge in [-0.05, 0) is 17.7 Å². The zero-order chi connectivity index (χ0) is 15.4. The lowest BCUT2D eigenvalue weighted by atomic mass is 10.1. The van der Waals surface area contributed by atoms with Crippen LogP contribution >= 0.6 is 11.3 Å². The molecule has 3 rings (SSSR count). The van der Waals surface area contributed by atoms with Crippen LogP contribution in [0.1, 0.15) is 11.1 Å². The molecule has 0 unspecified atom stereocenters. The molecule has 0 saturated carbocycles. The van der Waals surface area contributed by atoms with E-state index in [0.717, 1.165) is 26.8 Å². The number of para-hydroxylation sites is 1. The molecule has 0 aliphatic carbocycles. The lowest BCUT2D eigenvalue weighted by Gasteiger charge is -2.04. The molecule has 112 valence electrons. The normalized spacial score (nSPS) is 10.6. The summed E-state index contributed by atoms with van der Waals surface area (Å²) in [6, 6.07) is 15.2. The molecule has 3 aromatic rings. The van der Waals surface area contributed by atoms with Crippen LogP contribution < -0.4 is 11.1 Å². The van der Waals surface area contributed by atoms with E-state index in [9.17, 15) is 5.11 Å². The van der Waals surface area contributed by atoms with Crippen molar-refractivity contribution in [3.05, 3.63) is 59.7 Å². The molecule has 2 aromatic carbocycles. The van der Waals surface area contributed by atoms with Gasteiger partial charge in [0.2, 0.25) is 5.13 Å². The van der Waals surface area contributed by atoms with Gasteiger partial charge in [0, 0.05) is 24.2 Å². The fourth-order valence-corrected chi connectivity index (χ4v) is 2.81. The Kier molecular flexibility index (Phi) is 4.32. The highest BCUT2D eigenvalue weighted by molar-refractivity contribution is 7.18. The van der Waals surface area contributed by atoms with Gasteiger partial charge in [0.25, 0.3) is 0 Å². The van der Waals surface area contributed by atoms with Crippen LogP contribution in [-0.2, 0) is 13.1 Å². The minimum atomic E-state index is 0.274. The number of nitrogens with two attached hydrogens (primary N) is 1. The maximum Gasteiger partial charge on any atom is 0.206 e. The van der Waals surface area contributed by atoms with Gasteiger partial charge in [-0.2, -0.15) is 0 Å². The number of phenols is 1. The average Bonchev–Trinajstić information content (AvgIpc) is 3.03. The number of rotatable bonds is 5. The SMILES string of the molecule is NCc1cccc(-c2nnc(NCc3ccccc3O)s2)c1. The third-order valence-electron chi connectivity index (χ3n) is 3.26. The fraction of sp³-hybridized carbons (Fsp3) is 0.125. The zero-order valence-electron chi connectivity index (χ0n) is 11.9. The molecule has 5 nitrogen and oxygen atoms in total. The summed E-state index contributed by atoms with van der Waals surface area (Å²) in [4.78, 5) is 0.